The Hall–Kier alpha value is -6.05. The predicted molar refractivity (Wildman–Crippen MR) is 218 cm³/mol. The highest BCUT2D eigenvalue weighted by atomic mass is 16.5. The summed E-state index contributed by atoms with van der Waals surface area (Å²) in [5.74, 6) is 0.747. The van der Waals surface area contributed by atoms with E-state index in [1.165, 1.54) is 14.0 Å². The number of benzene rings is 3. The van der Waals surface area contributed by atoms with Gasteiger partial charge < -0.3 is 35.1 Å². The van der Waals surface area contributed by atoms with Crippen LogP contribution in [0.15, 0.2) is 54.6 Å². The minimum Gasteiger partial charge on any atom is -0.453 e. The second-order valence-electron chi connectivity index (χ2n) is 16.0. The molecule has 6 aromatic rings. The molecular formula is C43H49N9O5. The van der Waals surface area contributed by atoms with E-state index in [2.05, 4.69) is 57.0 Å². The van der Waals surface area contributed by atoms with Gasteiger partial charge in [-0.3, -0.25) is 14.4 Å². The number of carbonyl (C=O) groups is 4. The standard InChI is InChI=1S/C43H49N9O5/c1-22(2)35(44-24(5)53)41(54)51-19-7-9-33(51)39-46-31-15-12-25-21-26(11-13-27(25)37(31)48-39)29-16-14-28-30(45-29)17-18-32-38(28)49-40(47-32)34-10-8-20-52(34)42(55)36(23(3)4)50-43(56)57-6/h11-18,21-23,33-36,45H,7-10,19-20H2,1-6H3,(H,44,53)(H,46,48)(H,50,56)/t33-,34-,35-,36-/m0/s1. The highest BCUT2D eigenvalue weighted by Crippen LogP contribution is 2.37. The van der Waals surface area contributed by atoms with Crippen molar-refractivity contribution < 1.29 is 23.9 Å². The average molecular weight is 772 g/mol. The van der Waals surface area contributed by atoms with Gasteiger partial charge in [0.25, 0.3) is 0 Å². The monoisotopic (exact) mass is 771 g/mol. The highest BCUT2D eigenvalue weighted by Gasteiger charge is 2.39. The number of hydrogen-bond donors (Lipinski definition) is 4. The number of nitrogens with zero attached hydrogens (tertiary/aromatic N) is 5. The Labute approximate surface area is 330 Å². The van der Waals surface area contributed by atoms with Crippen LogP contribution >= 0.6 is 0 Å². The number of imidazole rings is 2. The summed E-state index contributed by atoms with van der Waals surface area (Å²) in [4.78, 5) is 77.0. The van der Waals surface area contributed by atoms with E-state index >= 15 is 0 Å². The van der Waals surface area contributed by atoms with Gasteiger partial charge in [-0.2, -0.15) is 0 Å². The maximum absolute atomic E-state index is 13.7. The molecule has 4 amide bonds. The Morgan fingerprint density at radius 3 is 2.11 bits per heavy atom. The first-order chi connectivity index (χ1) is 27.4. The van der Waals surface area contributed by atoms with Crippen molar-refractivity contribution in [2.75, 3.05) is 20.2 Å². The van der Waals surface area contributed by atoms with E-state index in [0.29, 0.717) is 18.9 Å². The second kappa shape index (κ2) is 15.1. The van der Waals surface area contributed by atoms with Crippen LogP contribution in [0.25, 0.3) is 55.0 Å². The zero-order valence-corrected chi connectivity index (χ0v) is 33.2. The highest BCUT2D eigenvalue weighted by molar-refractivity contribution is 6.06. The van der Waals surface area contributed by atoms with Crippen LogP contribution in [0, 0.1) is 11.8 Å². The van der Waals surface area contributed by atoms with Gasteiger partial charge in [-0.1, -0.05) is 45.9 Å². The molecule has 2 aliphatic heterocycles. The van der Waals surface area contributed by atoms with Crippen LogP contribution in [-0.4, -0.2) is 90.8 Å². The van der Waals surface area contributed by atoms with Crippen LogP contribution in [-0.2, 0) is 19.1 Å². The molecule has 8 rings (SSSR count). The first kappa shape index (κ1) is 37.9. The van der Waals surface area contributed by atoms with Crippen molar-refractivity contribution in [1.82, 2.24) is 45.4 Å². The van der Waals surface area contributed by atoms with Gasteiger partial charge in [-0.15, -0.1) is 0 Å². The number of aromatic amines is 2. The van der Waals surface area contributed by atoms with Gasteiger partial charge in [-0.25, -0.2) is 19.7 Å². The fourth-order valence-corrected chi connectivity index (χ4v) is 8.57. The lowest BCUT2D eigenvalue weighted by atomic mass is 10.0. The molecule has 14 heteroatoms. The van der Waals surface area contributed by atoms with Crippen LogP contribution in [0.2, 0.25) is 0 Å². The topological polar surface area (TPSA) is 178 Å². The van der Waals surface area contributed by atoms with E-state index < -0.39 is 18.2 Å². The van der Waals surface area contributed by atoms with E-state index in [-0.39, 0.29) is 41.6 Å². The maximum atomic E-state index is 13.7. The van der Waals surface area contributed by atoms with Gasteiger partial charge in [0.1, 0.15) is 23.4 Å². The number of alkyl carbamates (subject to hydrolysis) is 1. The number of rotatable bonds is 9. The minimum absolute atomic E-state index is 0.0385. The van der Waals surface area contributed by atoms with Crippen LogP contribution in [0.4, 0.5) is 4.79 Å². The third-order valence-electron chi connectivity index (χ3n) is 11.5. The molecule has 296 valence electrons. The van der Waals surface area contributed by atoms with E-state index in [1.807, 2.05) is 50.8 Å². The Kier molecular flexibility index (Phi) is 10.0. The fraction of sp³-hybridized carbons (Fsp3) is 0.419. The summed E-state index contributed by atoms with van der Waals surface area (Å²) in [6.45, 7) is 10.3. The number of fused-ring (bicyclic) bond motifs is 6. The summed E-state index contributed by atoms with van der Waals surface area (Å²) in [6.07, 6.45) is 2.59. The van der Waals surface area contributed by atoms with E-state index in [0.717, 1.165) is 86.5 Å². The molecule has 0 aliphatic carbocycles. The summed E-state index contributed by atoms with van der Waals surface area (Å²) >= 11 is 0. The second-order valence-corrected chi connectivity index (χ2v) is 16.0. The number of likely N-dealkylation sites (tertiary alicyclic amines) is 2. The van der Waals surface area contributed by atoms with Crippen molar-refractivity contribution in [3.63, 3.8) is 0 Å². The summed E-state index contributed by atoms with van der Waals surface area (Å²) in [6, 6.07) is 16.8. The molecule has 3 aromatic heterocycles. The smallest absolute Gasteiger partial charge is 0.407 e. The normalized spacial score (nSPS) is 18.3. The number of pyridine rings is 1. The average Bonchev–Trinajstić information content (AvgIpc) is 4.03. The number of H-pyrrole nitrogens is 2. The van der Waals surface area contributed by atoms with Crippen molar-refractivity contribution >= 4 is 67.6 Å². The van der Waals surface area contributed by atoms with Gasteiger partial charge in [0.15, 0.2) is 5.82 Å². The first-order valence-electron chi connectivity index (χ1n) is 19.9. The quantitative estimate of drug-likeness (QED) is 0.126. The number of aromatic nitrogens is 5. The molecule has 0 saturated carbocycles. The minimum atomic E-state index is -0.713. The van der Waals surface area contributed by atoms with Crippen molar-refractivity contribution in [3.8, 4) is 11.3 Å². The Balaban J connectivity index is 1.05. The lowest BCUT2D eigenvalue weighted by Gasteiger charge is -2.30. The molecular weight excluding hydrogens is 723 g/mol. The number of nitrogens with one attached hydrogen (secondary N) is 4. The number of carbonyl (C=O) groups excluding carboxylic acids is 4. The summed E-state index contributed by atoms with van der Waals surface area (Å²) in [5, 5.41) is 8.53. The largest absolute Gasteiger partial charge is 0.453 e. The van der Waals surface area contributed by atoms with E-state index in [9.17, 15) is 19.2 Å². The molecule has 5 heterocycles. The van der Waals surface area contributed by atoms with Crippen LogP contribution in [0.3, 0.4) is 0 Å². The summed E-state index contributed by atoms with van der Waals surface area (Å²) in [5.41, 5.74) is 6.16. The van der Waals surface area contributed by atoms with Crippen molar-refractivity contribution in [3.05, 3.63) is 66.2 Å². The van der Waals surface area contributed by atoms with Crippen molar-refractivity contribution in [2.24, 2.45) is 11.8 Å². The lowest BCUT2D eigenvalue weighted by Crippen LogP contribution is -2.51. The molecule has 0 unspecified atom stereocenters. The third kappa shape index (κ3) is 7.02. The third-order valence-corrected chi connectivity index (χ3v) is 11.5. The van der Waals surface area contributed by atoms with Crippen molar-refractivity contribution in [1.29, 1.82) is 0 Å². The molecule has 3 aromatic carbocycles. The SMILES string of the molecule is COC(=O)N[C@H](C(=O)N1CCC[C@H]1c1nc2ccc3[nH]c(-c4ccc5c(ccc6[nH]c([C@@H]7CCCN7C(=O)[C@@H](NC(C)=O)C(C)C)nc65)c4)ccc3c2n1)C(C)C. The molecule has 2 aliphatic rings. The van der Waals surface area contributed by atoms with Gasteiger partial charge in [-0.05, 0) is 84.9 Å². The number of ether oxygens (including phenoxy) is 1. The number of amides is 4. The fourth-order valence-electron chi connectivity index (χ4n) is 8.57. The molecule has 0 bridgehead atoms. The Morgan fingerprint density at radius 1 is 0.737 bits per heavy atom. The number of hydrogen-bond acceptors (Lipinski definition) is 8. The number of methoxy groups -OCH3 is 1. The van der Waals surface area contributed by atoms with E-state index in [4.69, 9.17) is 19.7 Å². The lowest BCUT2D eigenvalue weighted by molar-refractivity contribution is -0.138. The first-order valence-corrected chi connectivity index (χ1v) is 19.9. The van der Waals surface area contributed by atoms with Gasteiger partial charge in [0, 0.05) is 42.0 Å². The van der Waals surface area contributed by atoms with Crippen LogP contribution in [0.5, 0.6) is 0 Å². The predicted octanol–water partition coefficient (Wildman–Crippen LogP) is 6.68. The molecule has 14 nitrogen and oxygen atoms in total. The van der Waals surface area contributed by atoms with Gasteiger partial charge in [0.2, 0.25) is 17.7 Å². The Morgan fingerprint density at radius 2 is 1.40 bits per heavy atom. The maximum Gasteiger partial charge on any atom is 0.407 e. The molecule has 2 fully saturated rings. The molecule has 4 N–H and O–H groups in total. The van der Waals surface area contributed by atoms with Crippen LogP contribution in [0.1, 0.15) is 84.0 Å². The molecule has 57 heavy (non-hydrogen) atoms. The van der Waals surface area contributed by atoms with Crippen molar-refractivity contribution in [2.45, 2.75) is 84.5 Å². The van der Waals surface area contributed by atoms with Gasteiger partial charge in [0.05, 0.1) is 35.7 Å². The zero-order valence-electron chi connectivity index (χ0n) is 33.2. The summed E-state index contributed by atoms with van der Waals surface area (Å²) in [7, 11) is 1.29. The Bertz CT molecular complexity index is 2540. The molecule has 4 atom stereocenters. The summed E-state index contributed by atoms with van der Waals surface area (Å²) < 4.78 is 4.78. The zero-order chi connectivity index (χ0) is 40.1. The van der Waals surface area contributed by atoms with Crippen LogP contribution < -0.4 is 10.6 Å². The van der Waals surface area contributed by atoms with E-state index in [1.54, 1.807) is 4.90 Å². The van der Waals surface area contributed by atoms with Gasteiger partial charge >= 0.3 is 6.09 Å². The molecule has 0 radical (unpaired) electrons. The molecule has 2 saturated heterocycles. The molecule has 0 spiro atoms.